The number of amides is 1. The number of ether oxygens (including phenoxy) is 1. The smallest absolute Gasteiger partial charge is 0.338 e. The van der Waals surface area contributed by atoms with Crippen LogP contribution in [0, 0.1) is 5.82 Å². The molecule has 1 amide bonds. The molecule has 0 N–H and O–H groups in total. The van der Waals surface area contributed by atoms with Crippen molar-refractivity contribution >= 4 is 28.7 Å². The molecule has 0 aliphatic carbocycles. The van der Waals surface area contributed by atoms with Crippen molar-refractivity contribution in [2.45, 2.75) is 0 Å². The van der Waals surface area contributed by atoms with Gasteiger partial charge in [-0.05, 0) is 42.5 Å². The van der Waals surface area contributed by atoms with E-state index in [2.05, 4.69) is 9.88 Å². The number of fused-ring (bicyclic) bond motifs is 1. The van der Waals surface area contributed by atoms with Crippen molar-refractivity contribution in [2.24, 2.45) is 0 Å². The Morgan fingerprint density at radius 3 is 2.57 bits per heavy atom. The van der Waals surface area contributed by atoms with E-state index in [1.807, 2.05) is 0 Å². The van der Waals surface area contributed by atoms with E-state index < -0.39 is 5.97 Å². The molecule has 28 heavy (non-hydrogen) atoms. The molecule has 0 spiro atoms. The molecule has 2 aromatic carbocycles. The second kappa shape index (κ2) is 7.67. The van der Waals surface area contributed by atoms with Crippen LogP contribution in [0.5, 0.6) is 0 Å². The maximum Gasteiger partial charge on any atom is 0.338 e. The maximum absolute atomic E-state index is 13.0. The highest BCUT2D eigenvalue weighted by Crippen LogP contribution is 2.17. The minimum absolute atomic E-state index is 0.241. The second-order valence-electron chi connectivity index (χ2n) is 6.46. The molecule has 1 saturated heterocycles. The normalized spacial score (nSPS) is 14.3. The van der Waals surface area contributed by atoms with Gasteiger partial charge in [-0.25, -0.2) is 14.2 Å². The molecule has 8 heteroatoms. The highest BCUT2D eigenvalue weighted by atomic mass is 19.1. The van der Waals surface area contributed by atoms with E-state index in [-0.39, 0.29) is 18.3 Å². The van der Waals surface area contributed by atoms with Crippen molar-refractivity contribution in [2.75, 3.05) is 37.7 Å². The van der Waals surface area contributed by atoms with Gasteiger partial charge in [0, 0.05) is 31.9 Å². The first-order chi connectivity index (χ1) is 13.6. The van der Waals surface area contributed by atoms with Crippen LogP contribution >= 0.6 is 0 Å². The lowest BCUT2D eigenvalue weighted by Crippen LogP contribution is -2.49. The number of halogens is 1. The monoisotopic (exact) mass is 383 g/mol. The number of carbonyl (C=O) groups excluding carboxylic acids is 2. The molecule has 1 aliphatic heterocycles. The standard InChI is InChI=1S/C20H18FN3O4/c21-15-2-4-16(5-3-15)23-7-9-24(10-8-23)19(25)12-27-20(26)14-1-6-18-17(11-14)22-13-28-18/h1-6,11,13H,7-10,12H2. The van der Waals surface area contributed by atoms with Gasteiger partial charge in [-0.2, -0.15) is 0 Å². The Labute approximate surface area is 160 Å². The van der Waals surface area contributed by atoms with Gasteiger partial charge in [-0.1, -0.05) is 0 Å². The van der Waals surface area contributed by atoms with E-state index in [4.69, 9.17) is 9.15 Å². The molecule has 0 radical (unpaired) electrons. The topological polar surface area (TPSA) is 75.9 Å². The third-order valence-electron chi connectivity index (χ3n) is 4.72. The number of hydrogen-bond donors (Lipinski definition) is 0. The summed E-state index contributed by atoms with van der Waals surface area (Å²) in [4.78, 5) is 32.3. The highest BCUT2D eigenvalue weighted by Gasteiger charge is 2.22. The zero-order valence-corrected chi connectivity index (χ0v) is 15.0. The van der Waals surface area contributed by atoms with E-state index >= 15 is 0 Å². The van der Waals surface area contributed by atoms with Crippen LogP contribution in [0.3, 0.4) is 0 Å². The molecule has 1 aromatic heterocycles. The molecule has 3 aromatic rings. The van der Waals surface area contributed by atoms with Crippen molar-refractivity contribution in [3.05, 3.63) is 60.2 Å². The van der Waals surface area contributed by atoms with E-state index in [0.717, 1.165) is 5.69 Å². The summed E-state index contributed by atoms with van der Waals surface area (Å²) in [6.45, 7) is 1.98. The fraction of sp³-hybridized carbons (Fsp3) is 0.250. The van der Waals surface area contributed by atoms with Gasteiger partial charge in [0.25, 0.3) is 5.91 Å². The Hall–Kier alpha value is -3.42. The molecular formula is C20H18FN3O4. The van der Waals surface area contributed by atoms with Gasteiger partial charge in [0.15, 0.2) is 18.6 Å². The molecule has 144 valence electrons. The molecule has 1 aliphatic rings. The summed E-state index contributed by atoms with van der Waals surface area (Å²) in [6, 6.07) is 11.1. The Morgan fingerprint density at radius 2 is 1.82 bits per heavy atom. The quantitative estimate of drug-likeness (QED) is 0.645. The van der Waals surface area contributed by atoms with Crippen LogP contribution in [0.2, 0.25) is 0 Å². The van der Waals surface area contributed by atoms with E-state index in [1.54, 1.807) is 35.2 Å². The van der Waals surface area contributed by atoms with Crippen LogP contribution in [0.15, 0.2) is 53.3 Å². The van der Waals surface area contributed by atoms with Crippen molar-refractivity contribution in [3.63, 3.8) is 0 Å². The fourth-order valence-corrected chi connectivity index (χ4v) is 3.15. The number of nitrogens with zero attached hydrogens (tertiary/aromatic N) is 3. The van der Waals surface area contributed by atoms with Crippen LogP contribution in [0.25, 0.3) is 11.1 Å². The Kier molecular flexibility index (Phi) is 4.92. The molecule has 4 rings (SSSR count). The number of piperazine rings is 1. The zero-order valence-electron chi connectivity index (χ0n) is 15.0. The first-order valence-corrected chi connectivity index (χ1v) is 8.89. The molecule has 0 bridgehead atoms. The molecule has 7 nitrogen and oxygen atoms in total. The minimum atomic E-state index is -0.580. The van der Waals surface area contributed by atoms with Crippen molar-refractivity contribution in [1.29, 1.82) is 0 Å². The van der Waals surface area contributed by atoms with Crippen LogP contribution < -0.4 is 4.90 Å². The number of anilines is 1. The van der Waals surface area contributed by atoms with E-state index in [0.29, 0.717) is 42.8 Å². The first kappa shape index (κ1) is 18.0. The van der Waals surface area contributed by atoms with Crippen molar-refractivity contribution in [3.8, 4) is 0 Å². The number of hydrogen-bond acceptors (Lipinski definition) is 6. The van der Waals surface area contributed by atoms with Gasteiger partial charge in [-0.15, -0.1) is 0 Å². The van der Waals surface area contributed by atoms with E-state index in [1.165, 1.54) is 18.5 Å². The summed E-state index contributed by atoms with van der Waals surface area (Å²) >= 11 is 0. The summed E-state index contributed by atoms with van der Waals surface area (Å²) in [5, 5.41) is 0. The largest absolute Gasteiger partial charge is 0.452 e. The lowest BCUT2D eigenvalue weighted by molar-refractivity contribution is -0.134. The van der Waals surface area contributed by atoms with Crippen LogP contribution in [0.1, 0.15) is 10.4 Å². The summed E-state index contributed by atoms with van der Waals surface area (Å²) in [7, 11) is 0. The average molecular weight is 383 g/mol. The highest BCUT2D eigenvalue weighted by molar-refractivity contribution is 5.94. The summed E-state index contributed by atoms with van der Waals surface area (Å²) < 4.78 is 23.3. The Morgan fingerprint density at radius 1 is 1.07 bits per heavy atom. The maximum atomic E-state index is 13.0. The summed E-state index contributed by atoms with van der Waals surface area (Å²) in [5.74, 6) is -1.10. The molecule has 1 fully saturated rings. The van der Waals surface area contributed by atoms with Crippen molar-refractivity contribution in [1.82, 2.24) is 9.88 Å². The third kappa shape index (κ3) is 3.80. The van der Waals surface area contributed by atoms with Crippen LogP contribution in [-0.4, -0.2) is 54.5 Å². The lowest BCUT2D eigenvalue weighted by Gasteiger charge is -2.36. The first-order valence-electron chi connectivity index (χ1n) is 8.89. The van der Waals surface area contributed by atoms with E-state index in [9.17, 15) is 14.0 Å². The van der Waals surface area contributed by atoms with Gasteiger partial charge in [0.05, 0.1) is 5.56 Å². The Balaban J connectivity index is 1.28. The second-order valence-corrected chi connectivity index (χ2v) is 6.46. The summed E-state index contributed by atoms with van der Waals surface area (Å²) in [5.41, 5.74) is 2.36. The van der Waals surface area contributed by atoms with Crippen LogP contribution in [0.4, 0.5) is 10.1 Å². The van der Waals surface area contributed by atoms with Gasteiger partial charge in [0.1, 0.15) is 11.3 Å². The molecular weight excluding hydrogens is 365 g/mol. The SMILES string of the molecule is O=C(OCC(=O)N1CCN(c2ccc(F)cc2)CC1)c1ccc2ocnc2c1. The summed E-state index contributed by atoms with van der Waals surface area (Å²) in [6.07, 6.45) is 1.30. The predicted octanol–water partition coefficient (Wildman–Crippen LogP) is 2.47. The number of carbonyl (C=O) groups is 2. The minimum Gasteiger partial charge on any atom is -0.452 e. The number of esters is 1. The Bertz CT molecular complexity index is 994. The third-order valence-corrected chi connectivity index (χ3v) is 4.72. The van der Waals surface area contributed by atoms with Crippen molar-refractivity contribution < 1.29 is 23.1 Å². The van der Waals surface area contributed by atoms with Crippen LogP contribution in [-0.2, 0) is 9.53 Å². The van der Waals surface area contributed by atoms with Gasteiger partial charge in [0.2, 0.25) is 0 Å². The zero-order chi connectivity index (χ0) is 19.5. The van der Waals surface area contributed by atoms with Gasteiger partial charge < -0.3 is 19.0 Å². The number of rotatable bonds is 4. The fourth-order valence-electron chi connectivity index (χ4n) is 3.15. The molecule has 0 saturated carbocycles. The lowest BCUT2D eigenvalue weighted by atomic mass is 10.2. The molecule has 0 unspecified atom stereocenters. The average Bonchev–Trinajstić information content (AvgIpc) is 3.20. The number of aromatic nitrogens is 1. The number of oxazole rings is 1. The molecule has 2 heterocycles. The number of benzene rings is 2. The molecule has 0 atom stereocenters. The van der Waals surface area contributed by atoms with Gasteiger partial charge >= 0.3 is 5.97 Å². The predicted molar refractivity (Wildman–Crippen MR) is 99.5 cm³/mol. The van der Waals surface area contributed by atoms with Gasteiger partial charge in [-0.3, -0.25) is 4.79 Å².